The van der Waals surface area contributed by atoms with Crippen LogP contribution in [0, 0.1) is 0 Å². The van der Waals surface area contributed by atoms with Crippen LogP contribution in [-0.2, 0) is 22.9 Å². The average Bonchev–Trinajstić information content (AvgIpc) is 2.87. The summed E-state index contributed by atoms with van der Waals surface area (Å²) in [5.41, 5.74) is 2.53. The largest absolute Gasteiger partial charge is 0.314 e. The quantitative estimate of drug-likeness (QED) is 0.860. The van der Waals surface area contributed by atoms with E-state index >= 15 is 0 Å². The molecule has 1 N–H and O–H groups in total. The van der Waals surface area contributed by atoms with Crippen LogP contribution in [0.15, 0.2) is 23.1 Å². The fourth-order valence-corrected chi connectivity index (χ4v) is 4.24. The van der Waals surface area contributed by atoms with Crippen molar-refractivity contribution in [2.45, 2.75) is 24.2 Å². The molecule has 4 nitrogen and oxygen atoms in total. The van der Waals surface area contributed by atoms with Gasteiger partial charge in [-0.15, -0.1) is 0 Å². The summed E-state index contributed by atoms with van der Waals surface area (Å²) in [4.78, 5) is 0.463. The third kappa shape index (κ3) is 2.06. The van der Waals surface area contributed by atoms with Gasteiger partial charge < -0.3 is 5.32 Å². The van der Waals surface area contributed by atoms with Gasteiger partial charge in [-0.1, -0.05) is 6.07 Å². The number of benzene rings is 1. The number of piperazine rings is 1. The molecule has 0 spiro atoms. The van der Waals surface area contributed by atoms with Gasteiger partial charge in [-0.05, 0) is 42.5 Å². The van der Waals surface area contributed by atoms with Crippen molar-refractivity contribution in [2.24, 2.45) is 0 Å². The van der Waals surface area contributed by atoms with Crippen molar-refractivity contribution in [3.05, 3.63) is 29.3 Å². The van der Waals surface area contributed by atoms with Crippen LogP contribution >= 0.6 is 0 Å². The van der Waals surface area contributed by atoms with E-state index in [1.807, 2.05) is 12.1 Å². The van der Waals surface area contributed by atoms with Gasteiger partial charge in [-0.2, -0.15) is 4.31 Å². The van der Waals surface area contributed by atoms with Gasteiger partial charge >= 0.3 is 0 Å². The standard InChI is InChI=1S/C13H18N2O2S/c16-18(17,15-8-6-14-7-9-15)13-5-4-11-2-1-3-12(11)10-13/h4-5,10,14H,1-3,6-9H2. The fraction of sp³-hybridized carbons (Fsp3) is 0.538. The SMILES string of the molecule is O=S(=O)(c1ccc2c(c1)CCC2)N1CCNCC1. The first-order chi connectivity index (χ1) is 8.68. The minimum absolute atomic E-state index is 0.463. The van der Waals surface area contributed by atoms with E-state index in [0.29, 0.717) is 18.0 Å². The van der Waals surface area contributed by atoms with E-state index in [4.69, 9.17) is 0 Å². The van der Waals surface area contributed by atoms with Crippen LogP contribution in [-0.4, -0.2) is 38.9 Å². The summed E-state index contributed by atoms with van der Waals surface area (Å²) in [6.07, 6.45) is 3.25. The van der Waals surface area contributed by atoms with Gasteiger partial charge in [0.2, 0.25) is 10.0 Å². The molecule has 5 heteroatoms. The molecule has 2 aliphatic rings. The summed E-state index contributed by atoms with van der Waals surface area (Å²) in [5.74, 6) is 0. The van der Waals surface area contributed by atoms with Gasteiger partial charge in [0.05, 0.1) is 4.90 Å². The second-order valence-electron chi connectivity index (χ2n) is 4.94. The third-order valence-corrected chi connectivity index (χ3v) is 5.68. The van der Waals surface area contributed by atoms with Crippen molar-refractivity contribution in [1.29, 1.82) is 0 Å². The first kappa shape index (κ1) is 12.1. The molecule has 0 amide bonds. The van der Waals surface area contributed by atoms with Crippen molar-refractivity contribution in [3.63, 3.8) is 0 Å². The maximum Gasteiger partial charge on any atom is 0.243 e. The van der Waals surface area contributed by atoms with E-state index in [0.717, 1.165) is 32.4 Å². The van der Waals surface area contributed by atoms with E-state index in [1.54, 1.807) is 10.4 Å². The normalized spacial score (nSPS) is 20.9. The van der Waals surface area contributed by atoms with Crippen LogP contribution in [0.25, 0.3) is 0 Å². The average molecular weight is 266 g/mol. The molecule has 1 heterocycles. The number of fused-ring (bicyclic) bond motifs is 1. The van der Waals surface area contributed by atoms with Crippen LogP contribution in [0.4, 0.5) is 0 Å². The first-order valence-corrected chi connectivity index (χ1v) is 7.94. The second kappa shape index (κ2) is 4.64. The van der Waals surface area contributed by atoms with E-state index in [2.05, 4.69) is 5.32 Å². The molecule has 1 aromatic carbocycles. The molecule has 0 bridgehead atoms. The molecule has 0 unspecified atom stereocenters. The Morgan fingerprint density at radius 2 is 1.78 bits per heavy atom. The van der Waals surface area contributed by atoms with E-state index in [-0.39, 0.29) is 0 Å². The van der Waals surface area contributed by atoms with Crippen molar-refractivity contribution in [1.82, 2.24) is 9.62 Å². The Bertz CT molecular complexity index is 548. The number of hydrogen-bond acceptors (Lipinski definition) is 3. The van der Waals surface area contributed by atoms with E-state index in [1.165, 1.54) is 11.1 Å². The summed E-state index contributed by atoms with van der Waals surface area (Å²) in [5, 5.41) is 3.17. The number of nitrogens with one attached hydrogen (secondary N) is 1. The Morgan fingerprint density at radius 1 is 1.06 bits per heavy atom. The van der Waals surface area contributed by atoms with Crippen LogP contribution in [0.3, 0.4) is 0 Å². The lowest BCUT2D eigenvalue weighted by atomic mass is 10.1. The zero-order chi connectivity index (χ0) is 12.6. The highest BCUT2D eigenvalue weighted by atomic mass is 32.2. The molecule has 3 rings (SSSR count). The van der Waals surface area contributed by atoms with Crippen molar-refractivity contribution in [2.75, 3.05) is 26.2 Å². The molecule has 0 atom stereocenters. The molecular weight excluding hydrogens is 248 g/mol. The highest BCUT2D eigenvalue weighted by Crippen LogP contribution is 2.26. The topological polar surface area (TPSA) is 49.4 Å². The molecule has 1 aliphatic heterocycles. The number of sulfonamides is 1. The van der Waals surface area contributed by atoms with Crippen LogP contribution in [0.2, 0.25) is 0 Å². The van der Waals surface area contributed by atoms with Crippen molar-refractivity contribution in [3.8, 4) is 0 Å². The maximum atomic E-state index is 12.5. The van der Waals surface area contributed by atoms with Crippen LogP contribution < -0.4 is 5.32 Å². The monoisotopic (exact) mass is 266 g/mol. The molecule has 18 heavy (non-hydrogen) atoms. The Morgan fingerprint density at radius 3 is 2.56 bits per heavy atom. The van der Waals surface area contributed by atoms with Gasteiger partial charge in [0, 0.05) is 26.2 Å². The van der Waals surface area contributed by atoms with Gasteiger partial charge in [0.1, 0.15) is 0 Å². The molecule has 1 fully saturated rings. The molecule has 98 valence electrons. The second-order valence-corrected chi connectivity index (χ2v) is 6.88. The number of rotatable bonds is 2. The lowest BCUT2D eigenvalue weighted by Gasteiger charge is -2.26. The van der Waals surface area contributed by atoms with Gasteiger partial charge in [-0.3, -0.25) is 0 Å². The third-order valence-electron chi connectivity index (χ3n) is 3.78. The minimum atomic E-state index is -3.29. The number of aryl methyl sites for hydroxylation is 2. The molecule has 1 aromatic rings. The predicted molar refractivity (Wildman–Crippen MR) is 70.1 cm³/mol. The Kier molecular flexibility index (Phi) is 3.13. The Hall–Kier alpha value is -0.910. The van der Waals surface area contributed by atoms with Crippen molar-refractivity contribution >= 4 is 10.0 Å². The molecule has 1 aliphatic carbocycles. The van der Waals surface area contributed by atoms with Crippen LogP contribution in [0.1, 0.15) is 17.5 Å². The smallest absolute Gasteiger partial charge is 0.243 e. The summed E-state index contributed by atoms with van der Waals surface area (Å²) < 4.78 is 26.6. The zero-order valence-electron chi connectivity index (χ0n) is 10.4. The summed E-state index contributed by atoms with van der Waals surface area (Å²) in [6.45, 7) is 2.62. The Balaban J connectivity index is 1.93. The zero-order valence-corrected chi connectivity index (χ0v) is 11.2. The molecule has 0 radical (unpaired) electrons. The van der Waals surface area contributed by atoms with Crippen LogP contribution in [0.5, 0.6) is 0 Å². The highest BCUT2D eigenvalue weighted by Gasteiger charge is 2.26. The summed E-state index contributed by atoms with van der Waals surface area (Å²) in [6, 6.07) is 5.62. The lowest BCUT2D eigenvalue weighted by molar-refractivity contribution is 0.360. The van der Waals surface area contributed by atoms with Gasteiger partial charge in [0.15, 0.2) is 0 Å². The molecule has 0 saturated carbocycles. The summed E-state index contributed by atoms with van der Waals surface area (Å²) >= 11 is 0. The molecule has 1 saturated heterocycles. The predicted octanol–water partition coefficient (Wildman–Crippen LogP) is 0.769. The molecular formula is C13H18N2O2S. The number of hydrogen-bond donors (Lipinski definition) is 1. The highest BCUT2D eigenvalue weighted by molar-refractivity contribution is 7.89. The van der Waals surface area contributed by atoms with Crippen molar-refractivity contribution < 1.29 is 8.42 Å². The Labute approximate surface area is 108 Å². The minimum Gasteiger partial charge on any atom is -0.314 e. The first-order valence-electron chi connectivity index (χ1n) is 6.50. The van der Waals surface area contributed by atoms with Gasteiger partial charge in [0.25, 0.3) is 0 Å². The fourth-order valence-electron chi connectivity index (χ4n) is 2.74. The maximum absolute atomic E-state index is 12.5. The summed E-state index contributed by atoms with van der Waals surface area (Å²) in [7, 11) is -3.29. The molecule has 0 aromatic heterocycles. The van der Waals surface area contributed by atoms with E-state index in [9.17, 15) is 8.42 Å². The van der Waals surface area contributed by atoms with E-state index < -0.39 is 10.0 Å². The number of nitrogens with zero attached hydrogens (tertiary/aromatic N) is 1. The van der Waals surface area contributed by atoms with Gasteiger partial charge in [-0.25, -0.2) is 8.42 Å². The lowest BCUT2D eigenvalue weighted by Crippen LogP contribution is -2.46.